The molecule has 0 unspecified atom stereocenters. The standard InChI is InChI=1S/C10H18N2S/c1-3-9-4-7-13-10(9)8-12-6-5-11-2/h4,7,11-12H,3,5-6,8H2,1-2H3. The summed E-state index contributed by atoms with van der Waals surface area (Å²) in [5.74, 6) is 0. The fraction of sp³-hybridized carbons (Fsp3) is 0.600. The van der Waals surface area contributed by atoms with E-state index in [4.69, 9.17) is 0 Å². The Morgan fingerprint density at radius 1 is 1.38 bits per heavy atom. The van der Waals surface area contributed by atoms with Gasteiger partial charge in [0.05, 0.1) is 0 Å². The number of hydrogen-bond donors (Lipinski definition) is 2. The molecule has 13 heavy (non-hydrogen) atoms. The van der Waals surface area contributed by atoms with E-state index < -0.39 is 0 Å². The molecule has 0 atom stereocenters. The third kappa shape index (κ3) is 3.46. The van der Waals surface area contributed by atoms with Crippen LogP contribution in [0.2, 0.25) is 0 Å². The summed E-state index contributed by atoms with van der Waals surface area (Å²) in [7, 11) is 1.98. The van der Waals surface area contributed by atoms with E-state index in [2.05, 4.69) is 29.0 Å². The Bertz CT molecular complexity index is 233. The minimum atomic E-state index is 1.02. The first-order valence-electron chi connectivity index (χ1n) is 4.79. The predicted molar refractivity (Wildman–Crippen MR) is 59.3 cm³/mol. The average molecular weight is 198 g/mol. The number of thiophene rings is 1. The van der Waals surface area contributed by atoms with Crippen LogP contribution in [0.5, 0.6) is 0 Å². The fourth-order valence-corrected chi connectivity index (χ4v) is 2.20. The van der Waals surface area contributed by atoms with E-state index in [0.717, 1.165) is 26.1 Å². The van der Waals surface area contributed by atoms with Crippen molar-refractivity contribution in [2.45, 2.75) is 19.9 Å². The van der Waals surface area contributed by atoms with Crippen LogP contribution in [0.25, 0.3) is 0 Å². The number of likely N-dealkylation sites (N-methyl/N-ethyl adjacent to an activating group) is 1. The second-order valence-corrected chi connectivity index (χ2v) is 4.00. The van der Waals surface area contributed by atoms with Crippen molar-refractivity contribution >= 4 is 11.3 Å². The van der Waals surface area contributed by atoms with E-state index in [1.165, 1.54) is 10.4 Å². The molecular weight excluding hydrogens is 180 g/mol. The van der Waals surface area contributed by atoms with Crippen molar-refractivity contribution in [2.24, 2.45) is 0 Å². The van der Waals surface area contributed by atoms with Crippen LogP contribution in [0.4, 0.5) is 0 Å². The number of hydrogen-bond acceptors (Lipinski definition) is 3. The zero-order valence-corrected chi connectivity index (χ0v) is 9.21. The van der Waals surface area contributed by atoms with Crippen LogP contribution < -0.4 is 10.6 Å². The Morgan fingerprint density at radius 2 is 2.23 bits per heavy atom. The first-order valence-corrected chi connectivity index (χ1v) is 5.67. The molecule has 1 heterocycles. The van der Waals surface area contributed by atoms with Gasteiger partial charge in [-0.3, -0.25) is 0 Å². The molecule has 0 aliphatic heterocycles. The van der Waals surface area contributed by atoms with Gasteiger partial charge in [-0.05, 0) is 30.5 Å². The highest BCUT2D eigenvalue weighted by atomic mass is 32.1. The predicted octanol–water partition coefficient (Wildman–Crippen LogP) is 1.62. The lowest BCUT2D eigenvalue weighted by molar-refractivity contribution is 0.653. The van der Waals surface area contributed by atoms with Gasteiger partial charge >= 0.3 is 0 Å². The highest BCUT2D eigenvalue weighted by Gasteiger charge is 2.00. The second-order valence-electron chi connectivity index (χ2n) is 3.00. The Balaban J connectivity index is 2.27. The van der Waals surface area contributed by atoms with Crippen LogP contribution in [-0.4, -0.2) is 20.1 Å². The molecule has 0 spiro atoms. The van der Waals surface area contributed by atoms with Crippen molar-refractivity contribution in [3.8, 4) is 0 Å². The summed E-state index contributed by atoms with van der Waals surface area (Å²) >= 11 is 1.85. The molecule has 0 saturated heterocycles. The van der Waals surface area contributed by atoms with Crippen LogP contribution in [0.1, 0.15) is 17.4 Å². The summed E-state index contributed by atoms with van der Waals surface area (Å²) < 4.78 is 0. The normalized spacial score (nSPS) is 10.6. The second kappa shape index (κ2) is 6.13. The van der Waals surface area contributed by atoms with Gasteiger partial charge in [0.2, 0.25) is 0 Å². The minimum Gasteiger partial charge on any atom is -0.318 e. The lowest BCUT2D eigenvalue weighted by Gasteiger charge is -2.03. The zero-order chi connectivity index (χ0) is 9.52. The van der Waals surface area contributed by atoms with Crippen molar-refractivity contribution in [1.29, 1.82) is 0 Å². The van der Waals surface area contributed by atoms with E-state index in [1.807, 2.05) is 18.4 Å². The summed E-state index contributed by atoms with van der Waals surface area (Å²) in [6.45, 7) is 5.30. The van der Waals surface area contributed by atoms with Gasteiger partial charge in [-0.25, -0.2) is 0 Å². The first-order chi connectivity index (χ1) is 6.38. The Kier molecular flexibility index (Phi) is 5.05. The van der Waals surface area contributed by atoms with Crippen molar-refractivity contribution in [3.05, 3.63) is 21.9 Å². The van der Waals surface area contributed by atoms with Crippen LogP contribution in [0.15, 0.2) is 11.4 Å². The molecule has 0 saturated carbocycles. The monoisotopic (exact) mass is 198 g/mol. The fourth-order valence-electron chi connectivity index (χ4n) is 1.25. The van der Waals surface area contributed by atoms with Crippen LogP contribution in [-0.2, 0) is 13.0 Å². The molecule has 0 aliphatic carbocycles. The lowest BCUT2D eigenvalue weighted by atomic mass is 10.2. The summed E-state index contributed by atoms with van der Waals surface area (Å²) in [5, 5.41) is 8.70. The maximum absolute atomic E-state index is 3.41. The molecule has 2 nitrogen and oxygen atoms in total. The molecule has 3 heteroatoms. The average Bonchev–Trinajstić information content (AvgIpc) is 2.60. The van der Waals surface area contributed by atoms with Crippen molar-refractivity contribution < 1.29 is 0 Å². The van der Waals surface area contributed by atoms with Gasteiger partial charge in [0, 0.05) is 24.5 Å². The molecular formula is C10H18N2S. The van der Waals surface area contributed by atoms with Crippen molar-refractivity contribution in [1.82, 2.24) is 10.6 Å². The summed E-state index contributed by atoms with van der Waals surface area (Å²) in [4.78, 5) is 1.48. The van der Waals surface area contributed by atoms with Gasteiger partial charge in [-0.1, -0.05) is 6.92 Å². The smallest absolute Gasteiger partial charge is 0.0303 e. The molecule has 1 aromatic heterocycles. The van der Waals surface area contributed by atoms with E-state index in [0.29, 0.717) is 0 Å². The molecule has 74 valence electrons. The van der Waals surface area contributed by atoms with Crippen LogP contribution >= 0.6 is 11.3 Å². The minimum absolute atomic E-state index is 1.02. The third-order valence-corrected chi connectivity index (χ3v) is 3.02. The molecule has 0 fully saturated rings. The van der Waals surface area contributed by atoms with E-state index in [1.54, 1.807) is 0 Å². The van der Waals surface area contributed by atoms with Crippen LogP contribution in [0, 0.1) is 0 Å². The summed E-state index contributed by atoms with van der Waals surface area (Å²) in [6.07, 6.45) is 1.15. The Labute approximate surface area is 84.4 Å². The SMILES string of the molecule is CCc1ccsc1CNCCNC. The largest absolute Gasteiger partial charge is 0.318 e. The molecule has 1 rings (SSSR count). The number of nitrogens with one attached hydrogen (secondary N) is 2. The molecule has 0 radical (unpaired) electrons. The third-order valence-electron chi connectivity index (χ3n) is 2.06. The van der Waals surface area contributed by atoms with Gasteiger partial charge in [0.1, 0.15) is 0 Å². The summed E-state index contributed by atoms with van der Waals surface area (Å²) in [6, 6.07) is 2.22. The molecule has 0 amide bonds. The van der Waals surface area contributed by atoms with E-state index in [9.17, 15) is 0 Å². The maximum atomic E-state index is 3.41. The zero-order valence-electron chi connectivity index (χ0n) is 8.39. The van der Waals surface area contributed by atoms with Gasteiger partial charge < -0.3 is 10.6 Å². The highest BCUT2D eigenvalue weighted by molar-refractivity contribution is 7.10. The van der Waals surface area contributed by atoms with E-state index in [-0.39, 0.29) is 0 Å². The van der Waals surface area contributed by atoms with Gasteiger partial charge in [-0.2, -0.15) is 0 Å². The molecule has 0 aromatic carbocycles. The number of aryl methyl sites for hydroxylation is 1. The molecule has 0 aliphatic rings. The topological polar surface area (TPSA) is 24.1 Å². The van der Waals surface area contributed by atoms with Gasteiger partial charge in [0.15, 0.2) is 0 Å². The quantitative estimate of drug-likeness (QED) is 0.679. The Hall–Kier alpha value is -0.380. The lowest BCUT2D eigenvalue weighted by Crippen LogP contribution is -2.24. The van der Waals surface area contributed by atoms with Crippen molar-refractivity contribution in [3.63, 3.8) is 0 Å². The first kappa shape index (κ1) is 10.7. The van der Waals surface area contributed by atoms with Gasteiger partial charge in [-0.15, -0.1) is 11.3 Å². The van der Waals surface area contributed by atoms with Gasteiger partial charge in [0.25, 0.3) is 0 Å². The van der Waals surface area contributed by atoms with E-state index >= 15 is 0 Å². The number of rotatable bonds is 6. The maximum Gasteiger partial charge on any atom is 0.0303 e. The highest BCUT2D eigenvalue weighted by Crippen LogP contribution is 2.16. The molecule has 2 N–H and O–H groups in total. The molecule has 0 bridgehead atoms. The van der Waals surface area contributed by atoms with Crippen molar-refractivity contribution in [2.75, 3.05) is 20.1 Å². The summed E-state index contributed by atoms with van der Waals surface area (Å²) in [5.41, 5.74) is 1.49. The molecule has 1 aromatic rings. The van der Waals surface area contributed by atoms with Crippen LogP contribution in [0.3, 0.4) is 0 Å². The Morgan fingerprint density at radius 3 is 2.92 bits per heavy atom.